The largest absolute Gasteiger partial charge is 0.459 e. The summed E-state index contributed by atoms with van der Waals surface area (Å²) in [5.74, 6) is -12.0. The van der Waals surface area contributed by atoms with Gasteiger partial charge in [0.1, 0.15) is 6.10 Å². The van der Waals surface area contributed by atoms with Gasteiger partial charge in [-0.25, -0.2) is 0 Å². The van der Waals surface area contributed by atoms with E-state index in [0.717, 1.165) is 0 Å². The lowest BCUT2D eigenvalue weighted by molar-refractivity contribution is -0.371. The molecule has 9 heteroatoms. The number of β-amino-alcohol motifs (C(OH)–C–C–N with tert-alkyl or cyclic N) is 1. The van der Waals surface area contributed by atoms with Gasteiger partial charge in [0, 0.05) is 18.6 Å². The van der Waals surface area contributed by atoms with E-state index < -0.39 is 42.8 Å². The molecule has 3 atom stereocenters. The molecule has 0 aromatic carbocycles. The fourth-order valence-electron chi connectivity index (χ4n) is 3.05. The lowest BCUT2D eigenvalue weighted by Crippen LogP contribution is -2.61. The van der Waals surface area contributed by atoms with Crippen LogP contribution in [0.2, 0.25) is 0 Å². The molecule has 1 N–H and O–H groups in total. The Hall–Kier alpha value is -1.35. The van der Waals surface area contributed by atoms with Crippen molar-refractivity contribution < 1.29 is 35.8 Å². The fraction of sp³-hybridized carbons (Fsp3) is 0.667. The van der Waals surface area contributed by atoms with Crippen LogP contribution in [0.4, 0.5) is 30.7 Å². The number of halogens is 7. The molecule has 0 fully saturated rings. The second kappa shape index (κ2) is 8.34. The van der Waals surface area contributed by atoms with Crippen molar-refractivity contribution in [2.75, 3.05) is 6.54 Å². The Morgan fingerprint density at radius 1 is 1.07 bits per heavy atom. The molecule has 0 spiro atoms. The van der Waals surface area contributed by atoms with E-state index in [1.54, 1.807) is 26.0 Å². The Kier molecular flexibility index (Phi) is 7.32. The average Bonchev–Trinajstić information content (AvgIpc) is 2.47. The van der Waals surface area contributed by atoms with Crippen LogP contribution in [0.1, 0.15) is 33.1 Å². The minimum atomic E-state index is -6.48. The van der Waals surface area contributed by atoms with E-state index >= 15 is 0 Å². The number of rotatable bonds is 8. The zero-order chi connectivity index (χ0) is 21.2. The van der Waals surface area contributed by atoms with Gasteiger partial charge in [-0.1, -0.05) is 23.3 Å². The number of hydrogen-bond acceptors (Lipinski definition) is 2. The van der Waals surface area contributed by atoms with E-state index in [0.29, 0.717) is 24.0 Å². The van der Waals surface area contributed by atoms with E-state index in [1.807, 2.05) is 0 Å². The van der Waals surface area contributed by atoms with Crippen LogP contribution in [-0.2, 0) is 0 Å². The van der Waals surface area contributed by atoms with Crippen LogP contribution in [0, 0.1) is 0 Å². The summed E-state index contributed by atoms with van der Waals surface area (Å²) in [6.07, 6.45) is -5.27. The average molecular weight is 403 g/mol. The molecule has 0 aromatic rings. The molecule has 0 saturated carbocycles. The predicted molar refractivity (Wildman–Crippen MR) is 88.9 cm³/mol. The zero-order valence-electron chi connectivity index (χ0n) is 15.2. The Balaban J connectivity index is 3.14. The third-order valence-corrected chi connectivity index (χ3v) is 4.38. The first kappa shape index (κ1) is 23.7. The van der Waals surface area contributed by atoms with Gasteiger partial charge in [-0.2, -0.15) is 30.7 Å². The second-order valence-electron chi connectivity index (χ2n) is 7.12. The Morgan fingerprint density at radius 2 is 1.59 bits per heavy atom. The van der Waals surface area contributed by atoms with Crippen LogP contribution >= 0.6 is 0 Å². The molecule has 1 aliphatic rings. The quantitative estimate of drug-likeness (QED) is 0.450. The fourth-order valence-corrected chi connectivity index (χ4v) is 3.05. The van der Waals surface area contributed by atoms with Gasteiger partial charge >= 0.3 is 18.0 Å². The van der Waals surface area contributed by atoms with Crippen LogP contribution in [0.5, 0.6) is 0 Å². The van der Waals surface area contributed by atoms with Crippen molar-refractivity contribution in [1.29, 1.82) is 0 Å². The zero-order valence-corrected chi connectivity index (χ0v) is 15.2. The molecule has 156 valence electrons. The third-order valence-electron chi connectivity index (χ3n) is 4.38. The van der Waals surface area contributed by atoms with Gasteiger partial charge in [0.05, 0.1) is 0 Å². The Bertz CT molecular complexity index is 583. The number of aliphatic hydroxyl groups is 1. The van der Waals surface area contributed by atoms with Crippen LogP contribution in [0.25, 0.3) is 0 Å². The first-order valence-electron chi connectivity index (χ1n) is 8.32. The van der Waals surface area contributed by atoms with Crippen LogP contribution in [0.15, 0.2) is 36.5 Å². The molecule has 2 nitrogen and oxygen atoms in total. The number of nitrogens with zero attached hydrogens (tertiary/aromatic N) is 1. The van der Waals surface area contributed by atoms with Crippen molar-refractivity contribution in [1.82, 2.24) is 4.90 Å². The van der Waals surface area contributed by atoms with Crippen molar-refractivity contribution in [3.8, 4) is 0 Å². The highest BCUT2D eigenvalue weighted by molar-refractivity contribution is 5.11. The highest BCUT2D eigenvalue weighted by Gasteiger charge is 2.75. The van der Waals surface area contributed by atoms with E-state index in [2.05, 4.69) is 13.2 Å². The molecule has 27 heavy (non-hydrogen) atoms. The SMILES string of the molecule is C=C(C)C[C@H]1CC=C[C@H](CC(=C)C)N1C[C@H](O)C(F)(F)C(F)(F)C(F)(F)F. The topological polar surface area (TPSA) is 23.5 Å². The number of hydrogen-bond donors (Lipinski definition) is 1. The highest BCUT2D eigenvalue weighted by atomic mass is 19.4. The molecular weight excluding hydrogens is 379 g/mol. The maximum Gasteiger partial charge on any atom is 0.459 e. The molecule has 0 aromatic heterocycles. The maximum absolute atomic E-state index is 13.8. The van der Waals surface area contributed by atoms with Crippen LogP contribution in [0.3, 0.4) is 0 Å². The Morgan fingerprint density at radius 3 is 2.04 bits per heavy atom. The van der Waals surface area contributed by atoms with Crippen molar-refractivity contribution in [2.45, 2.75) is 69.3 Å². The monoisotopic (exact) mass is 403 g/mol. The number of alkyl halides is 7. The van der Waals surface area contributed by atoms with E-state index in [1.165, 1.54) is 4.90 Å². The van der Waals surface area contributed by atoms with Crippen molar-refractivity contribution in [2.24, 2.45) is 0 Å². The summed E-state index contributed by atoms with van der Waals surface area (Å²) in [6.45, 7) is 9.76. The van der Waals surface area contributed by atoms with Crippen LogP contribution in [-0.4, -0.2) is 52.8 Å². The third kappa shape index (κ3) is 5.34. The molecule has 0 aliphatic carbocycles. The Labute approximate surface area is 154 Å². The standard InChI is InChI=1S/C18H24F7NO/c1-11(2)8-13-6-5-7-14(9-12(3)4)26(13)10-15(27)16(19,20)17(21,22)18(23,24)25/h5-6,13-15,27H,1,3,7-10H2,2,4H3/t13-,14-,15+/m1/s1. The maximum atomic E-state index is 13.8. The molecular formula is C18H24F7NO. The van der Waals surface area contributed by atoms with Gasteiger partial charge in [-0.05, 0) is 33.1 Å². The van der Waals surface area contributed by atoms with Crippen molar-refractivity contribution in [3.05, 3.63) is 36.5 Å². The summed E-state index contributed by atoms with van der Waals surface area (Å²) in [5, 5.41) is 9.69. The first-order valence-corrected chi connectivity index (χ1v) is 8.32. The van der Waals surface area contributed by atoms with Crippen LogP contribution < -0.4 is 0 Å². The molecule has 0 unspecified atom stereocenters. The van der Waals surface area contributed by atoms with Gasteiger partial charge in [-0.15, -0.1) is 13.2 Å². The second-order valence-corrected chi connectivity index (χ2v) is 7.12. The highest BCUT2D eigenvalue weighted by Crippen LogP contribution is 2.48. The van der Waals surface area contributed by atoms with Gasteiger partial charge in [-0.3, -0.25) is 4.90 Å². The van der Waals surface area contributed by atoms with E-state index in [4.69, 9.17) is 0 Å². The lowest BCUT2D eigenvalue weighted by Gasteiger charge is -2.42. The van der Waals surface area contributed by atoms with Gasteiger partial charge in [0.2, 0.25) is 0 Å². The number of aliphatic hydroxyl groups excluding tert-OH is 1. The smallest absolute Gasteiger partial charge is 0.385 e. The summed E-state index contributed by atoms with van der Waals surface area (Å²) in [4.78, 5) is 1.33. The van der Waals surface area contributed by atoms with Crippen molar-refractivity contribution >= 4 is 0 Å². The summed E-state index contributed by atoms with van der Waals surface area (Å²) < 4.78 is 91.2. The minimum Gasteiger partial charge on any atom is -0.385 e. The molecule has 0 saturated heterocycles. The van der Waals surface area contributed by atoms with Gasteiger partial charge in [0.15, 0.2) is 0 Å². The van der Waals surface area contributed by atoms with Gasteiger partial charge < -0.3 is 5.11 Å². The normalized spacial score (nSPS) is 23.3. The predicted octanol–water partition coefficient (Wildman–Crippen LogP) is 5.11. The van der Waals surface area contributed by atoms with Gasteiger partial charge in [0.25, 0.3) is 0 Å². The molecule has 0 radical (unpaired) electrons. The molecule has 1 aliphatic heterocycles. The summed E-state index contributed by atoms with van der Waals surface area (Å²) in [7, 11) is 0. The first-order chi connectivity index (χ1) is 12.1. The van der Waals surface area contributed by atoms with E-state index in [9.17, 15) is 35.8 Å². The van der Waals surface area contributed by atoms with E-state index in [-0.39, 0.29) is 6.42 Å². The lowest BCUT2D eigenvalue weighted by atomic mass is 9.92. The molecule has 1 heterocycles. The summed E-state index contributed by atoms with van der Waals surface area (Å²) >= 11 is 0. The summed E-state index contributed by atoms with van der Waals surface area (Å²) in [5.41, 5.74) is 1.36. The molecule has 0 amide bonds. The minimum absolute atomic E-state index is 0.289. The molecule has 1 rings (SSSR count). The summed E-state index contributed by atoms with van der Waals surface area (Å²) in [6, 6.07) is -1.01. The molecule has 0 bridgehead atoms. The van der Waals surface area contributed by atoms with Crippen molar-refractivity contribution in [3.63, 3.8) is 0 Å².